The Labute approximate surface area is 96.7 Å². The first kappa shape index (κ1) is 10.3. The Balaban J connectivity index is 1.55. The monoisotopic (exact) mass is 217 g/mol. The Hall–Kier alpha value is -0.860. The second kappa shape index (κ2) is 4.19. The lowest BCUT2D eigenvalue weighted by Crippen LogP contribution is -2.40. The van der Waals surface area contributed by atoms with Gasteiger partial charge in [-0.05, 0) is 36.8 Å². The van der Waals surface area contributed by atoms with E-state index in [0.717, 1.165) is 19.4 Å². The van der Waals surface area contributed by atoms with Crippen LogP contribution in [-0.2, 0) is 6.42 Å². The van der Waals surface area contributed by atoms with Crippen molar-refractivity contribution in [2.24, 2.45) is 0 Å². The summed E-state index contributed by atoms with van der Waals surface area (Å²) in [6.07, 6.45) is 4.36. The zero-order valence-electron chi connectivity index (χ0n) is 9.52. The molecule has 0 heterocycles. The zero-order valence-corrected chi connectivity index (χ0v) is 9.52. The van der Waals surface area contributed by atoms with Crippen molar-refractivity contribution in [3.63, 3.8) is 0 Å². The molecule has 0 saturated heterocycles. The van der Waals surface area contributed by atoms with Crippen molar-refractivity contribution in [1.29, 1.82) is 0 Å². The highest BCUT2D eigenvalue weighted by atomic mass is 16.3. The Bertz CT molecular complexity index is 377. The fraction of sp³-hybridized carbons (Fsp3) is 0.571. The molecule has 3 rings (SSSR count). The molecule has 0 radical (unpaired) electrons. The van der Waals surface area contributed by atoms with Crippen LogP contribution in [0.3, 0.4) is 0 Å². The van der Waals surface area contributed by atoms with E-state index in [9.17, 15) is 5.11 Å². The predicted octanol–water partition coefficient (Wildman–Crippen LogP) is 1.83. The summed E-state index contributed by atoms with van der Waals surface area (Å²) in [5.41, 5.74) is 3.00. The molecule has 0 spiro atoms. The molecule has 16 heavy (non-hydrogen) atoms. The number of hydrogen-bond acceptors (Lipinski definition) is 2. The SMILES string of the molecule is O[C@@H]1CCC[C@H]1NCC1Cc2ccccc21. The number of aliphatic hydroxyl groups is 1. The summed E-state index contributed by atoms with van der Waals surface area (Å²) in [6, 6.07) is 9.03. The molecule has 1 fully saturated rings. The minimum absolute atomic E-state index is 0.115. The van der Waals surface area contributed by atoms with Crippen LogP contribution in [0.4, 0.5) is 0 Å². The molecule has 0 aromatic heterocycles. The molecule has 2 nitrogen and oxygen atoms in total. The lowest BCUT2D eigenvalue weighted by atomic mass is 9.77. The van der Waals surface area contributed by atoms with Crippen molar-refractivity contribution < 1.29 is 5.11 Å². The quantitative estimate of drug-likeness (QED) is 0.809. The lowest BCUT2D eigenvalue weighted by Gasteiger charge is -2.31. The molecule has 0 aliphatic heterocycles. The maximum Gasteiger partial charge on any atom is 0.0693 e. The number of hydrogen-bond donors (Lipinski definition) is 2. The van der Waals surface area contributed by atoms with Crippen LogP contribution in [-0.4, -0.2) is 23.8 Å². The van der Waals surface area contributed by atoms with Crippen LogP contribution in [0.1, 0.15) is 36.3 Å². The van der Waals surface area contributed by atoms with Gasteiger partial charge in [-0.3, -0.25) is 0 Å². The van der Waals surface area contributed by atoms with Gasteiger partial charge >= 0.3 is 0 Å². The number of fused-ring (bicyclic) bond motifs is 1. The topological polar surface area (TPSA) is 32.3 Å². The van der Waals surface area contributed by atoms with Gasteiger partial charge < -0.3 is 10.4 Å². The first-order valence-electron chi connectivity index (χ1n) is 6.34. The summed E-state index contributed by atoms with van der Waals surface area (Å²) in [4.78, 5) is 0. The highest BCUT2D eigenvalue weighted by Gasteiger charge is 2.29. The first-order valence-corrected chi connectivity index (χ1v) is 6.34. The van der Waals surface area contributed by atoms with E-state index < -0.39 is 0 Å². The van der Waals surface area contributed by atoms with Crippen LogP contribution in [0.15, 0.2) is 24.3 Å². The van der Waals surface area contributed by atoms with E-state index in [1.165, 1.54) is 24.0 Å². The summed E-state index contributed by atoms with van der Waals surface area (Å²) in [6.45, 7) is 1.03. The molecule has 0 bridgehead atoms. The van der Waals surface area contributed by atoms with E-state index in [1.807, 2.05) is 0 Å². The van der Waals surface area contributed by atoms with Crippen molar-refractivity contribution in [2.45, 2.75) is 43.7 Å². The summed E-state index contributed by atoms with van der Waals surface area (Å²) in [5, 5.41) is 13.2. The molecule has 3 atom stereocenters. The Morgan fingerprint density at radius 3 is 2.88 bits per heavy atom. The average molecular weight is 217 g/mol. The molecule has 2 N–H and O–H groups in total. The third-order valence-electron chi connectivity index (χ3n) is 4.07. The van der Waals surface area contributed by atoms with Gasteiger partial charge in [0.15, 0.2) is 0 Å². The highest BCUT2D eigenvalue weighted by molar-refractivity contribution is 5.40. The van der Waals surface area contributed by atoms with Crippen LogP contribution < -0.4 is 5.32 Å². The fourth-order valence-corrected chi connectivity index (χ4v) is 3.02. The normalized spacial score (nSPS) is 32.2. The van der Waals surface area contributed by atoms with E-state index in [-0.39, 0.29) is 6.10 Å². The van der Waals surface area contributed by atoms with Gasteiger partial charge in [0.25, 0.3) is 0 Å². The molecule has 2 heteroatoms. The fourth-order valence-electron chi connectivity index (χ4n) is 3.02. The van der Waals surface area contributed by atoms with Crippen LogP contribution in [0, 0.1) is 0 Å². The molecular formula is C14H19NO. The molecule has 2 aliphatic rings. The van der Waals surface area contributed by atoms with E-state index >= 15 is 0 Å². The van der Waals surface area contributed by atoms with Crippen molar-refractivity contribution in [3.05, 3.63) is 35.4 Å². The van der Waals surface area contributed by atoms with Crippen LogP contribution >= 0.6 is 0 Å². The summed E-state index contributed by atoms with van der Waals surface area (Å²) in [5.74, 6) is 0.670. The molecule has 1 aromatic rings. The van der Waals surface area contributed by atoms with Crippen LogP contribution in [0.5, 0.6) is 0 Å². The Morgan fingerprint density at radius 1 is 1.25 bits per heavy atom. The maximum atomic E-state index is 9.73. The van der Waals surface area contributed by atoms with Crippen LogP contribution in [0.2, 0.25) is 0 Å². The number of aliphatic hydroxyl groups excluding tert-OH is 1. The predicted molar refractivity (Wildman–Crippen MR) is 64.5 cm³/mol. The second-order valence-corrected chi connectivity index (χ2v) is 5.11. The van der Waals surface area contributed by atoms with E-state index in [0.29, 0.717) is 12.0 Å². The van der Waals surface area contributed by atoms with Gasteiger partial charge in [-0.15, -0.1) is 0 Å². The lowest BCUT2D eigenvalue weighted by molar-refractivity contribution is 0.148. The van der Waals surface area contributed by atoms with Crippen molar-refractivity contribution in [1.82, 2.24) is 5.32 Å². The van der Waals surface area contributed by atoms with E-state index in [1.54, 1.807) is 0 Å². The molecule has 86 valence electrons. The Morgan fingerprint density at radius 2 is 2.12 bits per heavy atom. The zero-order chi connectivity index (χ0) is 11.0. The standard InChI is InChI=1S/C14H19NO/c16-14-7-3-6-13(14)15-9-11-8-10-4-1-2-5-12(10)11/h1-2,4-5,11,13-16H,3,6-9H2/t11?,13-,14-/m1/s1. The molecular weight excluding hydrogens is 198 g/mol. The first-order chi connectivity index (χ1) is 7.84. The second-order valence-electron chi connectivity index (χ2n) is 5.11. The highest BCUT2D eigenvalue weighted by Crippen LogP contribution is 2.34. The minimum Gasteiger partial charge on any atom is -0.392 e. The summed E-state index contributed by atoms with van der Waals surface area (Å²) in [7, 11) is 0. The molecule has 2 aliphatic carbocycles. The van der Waals surface area contributed by atoms with Gasteiger partial charge in [0, 0.05) is 18.5 Å². The minimum atomic E-state index is -0.115. The third kappa shape index (κ3) is 1.76. The molecule has 1 unspecified atom stereocenters. The number of benzene rings is 1. The summed E-state index contributed by atoms with van der Waals surface area (Å²) >= 11 is 0. The number of nitrogens with one attached hydrogen (secondary N) is 1. The maximum absolute atomic E-state index is 9.73. The Kier molecular flexibility index (Phi) is 2.70. The largest absolute Gasteiger partial charge is 0.392 e. The van der Waals surface area contributed by atoms with E-state index in [2.05, 4.69) is 29.6 Å². The van der Waals surface area contributed by atoms with Crippen LogP contribution in [0.25, 0.3) is 0 Å². The summed E-state index contributed by atoms with van der Waals surface area (Å²) < 4.78 is 0. The van der Waals surface area contributed by atoms with Crippen molar-refractivity contribution >= 4 is 0 Å². The van der Waals surface area contributed by atoms with Gasteiger partial charge in [0.05, 0.1) is 6.10 Å². The van der Waals surface area contributed by atoms with Gasteiger partial charge in [0.1, 0.15) is 0 Å². The van der Waals surface area contributed by atoms with Gasteiger partial charge in [-0.1, -0.05) is 24.3 Å². The third-order valence-corrected chi connectivity index (χ3v) is 4.07. The smallest absolute Gasteiger partial charge is 0.0693 e. The molecule has 1 aromatic carbocycles. The average Bonchev–Trinajstić information content (AvgIpc) is 2.66. The molecule has 1 saturated carbocycles. The number of rotatable bonds is 3. The van der Waals surface area contributed by atoms with Crippen molar-refractivity contribution in [3.8, 4) is 0 Å². The van der Waals surface area contributed by atoms with Gasteiger partial charge in [-0.2, -0.15) is 0 Å². The van der Waals surface area contributed by atoms with Gasteiger partial charge in [0.2, 0.25) is 0 Å². The molecule has 0 amide bonds. The van der Waals surface area contributed by atoms with Crippen molar-refractivity contribution in [2.75, 3.05) is 6.54 Å². The van der Waals surface area contributed by atoms with E-state index in [4.69, 9.17) is 0 Å². The van der Waals surface area contributed by atoms with Gasteiger partial charge in [-0.25, -0.2) is 0 Å².